The summed E-state index contributed by atoms with van der Waals surface area (Å²) >= 11 is 5.87. The lowest BCUT2D eigenvalue weighted by molar-refractivity contribution is -0.132. The smallest absolute Gasteiger partial charge is 0.224 e. The molecule has 1 amide bonds. The van der Waals surface area contributed by atoms with Gasteiger partial charge in [-0.1, -0.05) is 17.7 Å². The van der Waals surface area contributed by atoms with Crippen molar-refractivity contribution in [2.24, 2.45) is 5.73 Å². The molecule has 0 bridgehead atoms. The SMILES string of the molecule is COC(CN)CC(=O)N(C)CCCOc1cccc(Cl)c1.Cl. The Hall–Kier alpha value is -1.01. The fourth-order valence-corrected chi connectivity index (χ4v) is 1.97. The van der Waals surface area contributed by atoms with Gasteiger partial charge in [0, 0.05) is 32.3 Å². The molecule has 1 rings (SSSR count). The predicted octanol–water partition coefficient (Wildman–Crippen LogP) is 2.35. The van der Waals surface area contributed by atoms with Crippen LogP contribution >= 0.6 is 24.0 Å². The van der Waals surface area contributed by atoms with Crippen molar-refractivity contribution in [1.82, 2.24) is 4.90 Å². The average Bonchev–Trinajstić information content (AvgIpc) is 2.48. The molecule has 0 radical (unpaired) electrons. The minimum Gasteiger partial charge on any atom is -0.493 e. The molecule has 1 aromatic rings. The maximum absolute atomic E-state index is 11.9. The molecule has 1 unspecified atom stereocenters. The van der Waals surface area contributed by atoms with E-state index in [1.54, 1.807) is 31.2 Å². The lowest BCUT2D eigenvalue weighted by Gasteiger charge is -2.20. The summed E-state index contributed by atoms with van der Waals surface area (Å²) in [6.07, 6.45) is 0.830. The second-order valence-electron chi connectivity index (χ2n) is 4.77. The molecule has 0 spiro atoms. The lowest BCUT2D eigenvalue weighted by atomic mass is 10.2. The highest BCUT2D eigenvalue weighted by Gasteiger charge is 2.14. The highest BCUT2D eigenvalue weighted by Crippen LogP contribution is 2.17. The van der Waals surface area contributed by atoms with Gasteiger partial charge >= 0.3 is 0 Å². The van der Waals surface area contributed by atoms with E-state index < -0.39 is 0 Å². The molecular formula is C15H24Cl2N2O3. The van der Waals surface area contributed by atoms with E-state index in [-0.39, 0.29) is 24.4 Å². The Morgan fingerprint density at radius 1 is 1.45 bits per heavy atom. The molecular weight excluding hydrogens is 327 g/mol. The third-order valence-corrected chi connectivity index (χ3v) is 3.36. The van der Waals surface area contributed by atoms with E-state index in [4.69, 9.17) is 26.8 Å². The number of amides is 1. The van der Waals surface area contributed by atoms with Gasteiger partial charge in [-0.15, -0.1) is 12.4 Å². The summed E-state index contributed by atoms with van der Waals surface area (Å²) in [5.74, 6) is 0.758. The van der Waals surface area contributed by atoms with Crippen LogP contribution < -0.4 is 10.5 Å². The quantitative estimate of drug-likeness (QED) is 0.694. The van der Waals surface area contributed by atoms with Crippen molar-refractivity contribution in [2.75, 3.05) is 33.9 Å². The summed E-state index contributed by atoms with van der Waals surface area (Å²) in [7, 11) is 3.33. The van der Waals surface area contributed by atoms with Crippen LogP contribution in [0.1, 0.15) is 12.8 Å². The van der Waals surface area contributed by atoms with Crippen molar-refractivity contribution >= 4 is 29.9 Å². The normalized spacial score (nSPS) is 11.5. The Morgan fingerprint density at radius 2 is 2.18 bits per heavy atom. The molecule has 0 aliphatic rings. The molecule has 0 fully saturated rings. The molecule has 0 aromatic heterocycles. The van der Waals surface area contributed by atoms with Crippen LogP contribution in [0.3, 0.4) is 0 Å². The molecule has 126 valence electrons. The fourth-order valence-electron chi connectivity index (χ4n) is 1.79. The number of benzene rings is 1. The van der Waals surface area contributed by atoms with E-state index in [1.807, 2.05) is 12.1 Å². The second-order valence-corrected chi connectivity index (χ2v) is 5.21. The van der Waals surface area contributed by atoms with Gasteiger partial charge in [-0.3, -0.25) is 4.79 Å². The summed E-state index contributed by atoms with van der Waals surface area (Å²) in [4.78, 5) is 13.6. The first-order valence-corrected chi connectivity index (χ1v) is 7.29. The Morgan fingerprint density at radius 3 is 2.77 bits per heavy atom. The Bertz CT molecular complexity index is 443. The van der Waals surface area contributed by atoms with Crippen LogP contribution in [0.4, 0.5) is 0 Å². The first-order valence-electron chi connectivity index (χ1n) is 6.92. The van der Waals surface area contributed by atoms with Crippen molar-refractivity contribution in [3.63, 3.8) is 0 Å². The lowest BCUT2D eigenvalue weighted by Crippen LogP contribution is -2.34. The number of ether oxygens (including phenoxy) is 2. The average molecular weight is 351 g/mol. The van der Waals surface area contributed by atoms with Crippen molar-refractivity contribution in [2.45, 2.75) is 18.9 Å². The highest BCUT2D eigenvalue weighted by molar-refractivity contribution is 6.30. The highest BCUT2D eigenvalue weighted by atomic mass is 35.5. The van der Waals surface area contributed by atoms with Gasteiger partial charge in [0.25, 0.3) is 0 Å². The zero-order valence-electron chi connectivity index (χ0n) is 13.0. The molecule has 2 N–H and O–H groups in total. The molecule has 1 aromatic carbocycles. The van der Waals surface area contributed by atoms with Crippen molar-refractivity contribution < 1.29 is 14.3 Å². The van der Waals surface area contributed by atoms with Gasteiger partial charge in [0.2, 0.25) is 5.91 Å². The van der Waals surface area contributed by atoms with E-state index in [9.17, 15) is 4.79 Å². The first-order chi connectivity index (χ1) is 10.1. The molecule has 7 heteroatoms. The number of rotatable bonds is 9. The maximum atomic E-state index is 11.9. The van der Waals surface area contributed by atoms with E-state index in [0.29, 0.717) is 31.1 Å². The molecule has 1 atom stereocenters. The summed E-state index contributed by atoms with van der Waals surface area (Å²) in [5.41, 5.74) is 5.50. The Balaban J connectivity index is 0.00000441. The number of carbonyl (C=O) groups excluding carboxylic acids is 1. The number of carbonyl (C=O) groups is 1. The molecule has 0 saturated carbocycles. The van der Waals surface area contributed by atoms with Crippen LogP contribution in [-0.4, -0.2) is 50.8 Å². The molecule has 0 aliphatic carbocycles. The van der Waals surface area contributed by atoms with Crippen LogP contribution in [0.15, 0.2) is 24.3 Å². The second kappa shape index (κ2) is 11.5. The summed E-state index contributed by atoms with van der Waals surface area (Å²) in [5, 5.41) is 0.646. The van der Waals surface area contributed by atoms with E-state index in [1.165, 1.54) is 0 Å². The summed E-state index contributed by atoms with van der Waals surface area (Å²) < 4.78 is 10.7. The number of hydrogen-bond donors (Lipinski definition) is 1. The van der Waals surface area contributed by atoms with Crippen molar-refractivity contribution in [3.8, 4) is 5.75 Å². The van der Waals surface area contributed by atoms with E-state index in [0.717, 1.165) is 12.2 Å². The zero-order chi connectivity index (χ0) is 15.7. The van der Waals surface area contributed by atoms with Crippen LogP contribution in [0.25, 0.3) is 0 Å². The first kappa shape index (κ1) is 21.0. The number of nitrogens with zero attached hydrogens (tertiary/aromatic N) is 1. The fraction of sp³-hybridized carbons (Fsp3) is 0.533. The van der Waals surface area contributed by atoms with E-state index >= 15 is 0 Å². The zero-order valence-corrected chi connectivity index (χ0v) is 14.5. The number of nitrogens with two attached hydrogens (primary N) is 1. The van der Waals surface area contributed by atoms with Gasteiger partial charge in [0.15, 0.2) is 0 Å². The van der Waals surface area contributed by atoms with Gasteiger partial charge in [-0.2, -0.15) is 0 Å². The number of hydrogen-bond acceptors (Lipinski definition) is 4. The third-order valence-electron chi connectivity index (χ3n) is 3.13. The van der Waals surface area contributed by atoms with Crippen molar-refractivity contribution in [3.05, 3.63) is 29.3 Å². The van der Waals surface area contributed by atoms with Gasteiger partial charge < -0.3 is 20.1 Å². The van der Waals surface area contributed by atoms with Gasteiger partial charge in [0.05, 0.1) is 19.1 Å². The topological polar surface area (TPSA) is 64.8 Å². The minimum atomic E-state index is -0.220. The van der Waals surface area contributed by atoms with Crippen LogP contribution in [-0.2, 0) is 9.53 Å². The molecule has 5 nitrogen and oxygen atoms in total. The third kappa shape index (κ3) is 7.84. The van der Waals surface area contributed by atoms with Crippen LogP contribution in [0.2, 0.25) is 5.02 Å². The molecule has 0 aliphatic heterocycles. The summed E-state index contributed by atoms with van der Waals surface area (Å²) in [6.45, 7) is 1.50. The summed E-state index contributed by atoms with van der Waals surface area (Å²) in [6, 6.07) is 7.25. The maximum Gasteiger partial charge on any atom is 0.224 e. The monoisotopic (exact) mass is 350 g/mol. The van der Waals surface area contributed by atoms with Crippen LogP contribution in [0.5, 0.6) is 5.75 Å². The van der Waals surface area contributed by atoms with Gasteiger partial charge in [-0.25, -0.2) is 0 Å². The standard InChI is InChI=1S/C15H23ClN2O3.ClH/c1-18(15(19)10-14(11-17)20-2)7-4-8-21-13-6-3-5-12(16)9-13;/h3,5-6,9,14H,4,7-8,10-11,17H2,1-2H3;1H. The van der Waals surface area contributed by atoms with E-state index in [2.05, 4.69) is 0 Å². The van der Waals surface area contributed by atoms with Crippen LogP contribution in [0, 0.1) is 0 Å². The number of methoxy groups -OCH3 is 1. The van der Waals surface area contributed by atoms with Gasteiger partial charge in [0.1, 0.15) is 5.75 Å². The van der Waals surface area contributed by atoms with Gasteiger partial charge in [-0.05, 0) is 24.6 Å². The number of halogens is 2. The molecule has 0 heterocycles. The molecule has 0 saturated heterocycles. The van der Waals surface area contributed by atoms with Crippen molar-refractivity contribution in [1.29, 1.82) is 0 Å². The predicted molar refractivity (Wildman–Crippen MR) is 90.9 cm³/mol. The largest absolute Gasteiger partial charge is 0.493 e. The Labute approximate surface area is 143 Å². The Kier molecular flexibility index (Phi) is 11.0. The molecule has 22 heavy (non-hydrogen) atoms. The minimum absolute atomic E-state index is 0.